The molecule has 0 saturated carbocycles. The summed E-state index contributed by atoms with van der Waals surface area (Å²) in [5.41, 5.74) is 0.307. The smallest absolute Gasteiger partial charge is 0.445 e. The minimum atomic E-state index is -4.74. The highest BCUT2D eigenvalue weighted by molar-refractivity contribution is 5.84. The molecule has 0 bridgehead atoms. The third kappa shape index (κ3) is 6.28. The van der Waals surface area contributed by atoms with Gasteiger partial charge in [0.2, 0.25) is 0 Å². The molecular formula is C12H15F3N2O3. The molecule has 0 aliphatic carbocycles. The van der Waals surface area contributed by atoms with Gasteiger partial charge in [0.05, 0.1) is 0 Å². The number of ether oxygens (including phenoxy) is 2. The number of alkyl halides is 3. The van der Waals surface area contributed by atoms with Crippen LogP contribution in [0.15, 0.2) is 24.3 Å². The van der Waals surface area contributed by atoms with E-state index in [9.17, 15) is 18.0 Å². The molecule has 0 aliphatic heterocycles. The van der Waals surface area contributed by atoms with Crippen LogP contribution in [0.3, 0.4) is 0 Å². The lowest BCUT2D eigenvalue weighted by molar-refractivity contribution is -0.274. The largest absolute Gasteiger partial charge is 0.573 e. The first kappa shape index (κ1) is 16.1. The van der Waals surface area contributed by atoms with E-state index in [2.05, 4.69) is 15.4 Å². The van der Waals surface area contributed by atoms with Crippen molar-refractivity contribution in [2.45, 2.75) is 19.4 Å². The number of amides is 1. The van der Waals surface area contributed by atoms with Gasteiger partial charge in [0.25, 0.3) is 0 Å². The topological polar surface area (TPSA) is 59.6 Å². The number of hydrogen-bond donors (Lipinski definition) is 2. The number of hydrogen-bond acceptors (Lipinski definition) is 4. The molecule has 2 N–H and O–H groups in total. The van der Waals surface area contributed by atoms with E-state index in [1.165, 1.54) is 12.1 Å². The summed E-state index contributed by atoms with van der Waals surface area (Å²) in [4.78, 5) is 11.4. The van der Waals surface area contributed by atoms with Crippen molar-refractivity contribution >= 4 is 11.8 Å². The summed E-state index contributed by atoms with van der Waals surface area (Å²) < 4.78 is 44.5. The Bertz CT molecular complexity index is 435. The highest BCUT2D eigenvalue weighted by Gasteiger charge is 2.30. The maximum Gasteiger partial charge on any atom is 0.573 e. The lowest BCUT2D eigenvalue weighted by atomic mass is 10.3. The van der Waals surface area contributed by atoms with Crippen molar-refractivity contribution in [3.05, 3.63) is 24.3 Å². The zero-order valence-corrected chi connectivity index (χ0v) is 11.0. The van der Waals surface area contributed by atoms with E-state index in [0.29, 0.717) is 12.2 Å². The Labute approximate surface area is 114 Å². The van der Waals surface area contributed by atoms with E-state index < -0.39 is 12.5 Å². The summed E-state index contributed by atoms with van der Waals surface area (Å²) >= 11 is 0. The molecule has 1 rings (SSSR count). The molecule has 0 aromatic heterocycles. The minimum absolute atomic E-state index is 0.307. The molecule has 0 heterocycles. The molecule has 5 nitrogen and oxygen atoms in total. The quantitative estimate of drug-likeness (QED) is 0.876. The summed E-state index contributed by atoms with van der Waals surface area (Å²) in [6.07, 6.45) is -5.75. The second-order valence-electron chi connectivity index (χ2n) is 3.97. The van der Waals surface area contributed by atoms with Gasteiger partial charge < -0.3 is 14.8 Å². The van der Waals surface area contributed by atoms with Gasteiger partial charge >= 0.3 is 12.5 Å². The van der Waals surface area contributed by atoms with E-state index >= 15 is 0 Å². The van der Waals surface area contributed by atoms with Crippen LogP contribution >= 0.6 is 0 Å². The Hall–Kier alpha value is -1.96. The molecule has 1 atom stereocenters. The highest BCUT2D eigenvalue weighted by atomic mass is 19.4. The van der Waals surface area contributed by atoms with Crippen LogP contribution in [0.4, 0.5) is 23.7 Å². The second kappa shape index (κ2) is 6.99. The Morgan fingerprint density at radius 1 is 1.30 bits per heavy atom. The van der Waals surface area contributed by atoms with E-state index in [-0.39, 0.29) is 11.9 Å². The summed E-state index contributed by atoms with van der Waals surface area (Å²) in [6.45, 7) is 2.20. The number of carbonyl (C=O) groups is 1. The molecule has 20 heavy (non-hydrogen) atoms. The van der Waals surface area contributed by atoms with Gasteiger partial charge in [0, 0.05) is 12.2 Å². The highest BCUT2D eigenvalue weighted by Crippen LogP contribution is 2.23. The van der Waals surface area contributed by atoms with Crippen molar-refractivity contribution < 1.29 is 27.4 Å². The van der Waals surface area contributed by atoms with Crippen molar-refractivity contribution in [1.82, 2.24) is 5.32 Å². The molecule has 0 saturated heterocycles. The number of rotatable bonds is 5. The van der Waals surface area contributed by atoms with Gasteiger partial charge in [-0.15, -0.1) is 13.2 Å². The number of nitrogens with one attached hydrogen (secondary N) is 2. The first-order valence-electron chi connectivity index (χ1n) is 5.78. The Morgan fingerprint density at radius 2 is 1.90 bits per heavy atom. The van der Waals surface area contributed by atoms with Gasteiger partial charge in [-0.25, -0.2) is 4.79 Å². The van der Waals surface area contributed by atoms with Crippen LogP contribution in [-0.2, 0) is 4.74 Å². The van der Waals surface area contributed by atoms with Gasteiger partial charge in [0.1, 0.15) is 11.9 Å². The van der Waals surface area contributed by atoms with Crippen LogP contribution < -0.4 is 15.4 Å². The zero-order chi connectivity index (χ0) is 15.2. The zero-order valence-electron chi connectivity index (χ0n) is 11.0. The maximum absolute atomic E-state index is 12.0. The molecule has 0 radical (unpaired) electrons. The van der Waals surface area contributed by atoms with Crippen LogP contribution in [0.1, 0.15) is 6.92 Å². The standard InChI is InChI=1S/C12H15F3N2O3/c1-8(7-16-2)19-11(18)17-9-3-5-10(6-4-9)20-12(13,14)15/h3-6,8,16H,7H2,1-2H3,(H,17,18). The summed E-state index contributed by atoms with van der Waals surface area (Å²) in [5, 5.41) is 5.23. The molecule has 0 spiro atoms. The van der Waals surface area contributed by atoms with Crippen molar-refractivity contribution in [1.29, 1.82) is 0 Å². The average molecular weight is 292 g/mol. The fourth-order valence-electron chi connectivity index (χ4n) is 1.40. The van der Waals surface area contributed by atoms with E-state index in [4.69, 9.17) is 4.74 Å². The third-order valence-corrected chi connectivity index (χ3v) is 2.13. The van der Waals surface area contributed by atoms with Gasteiger partial charge in [0.15, 0.2) is 0 Å². The van der Waals surface area contributed by atoms with Crippen LogP contribution in [0, 0.1) is 0 Å². The van der Waals surface area contributed by atoms with Crippen LogP contribution in [-0.4, -0.2) is 32.2 Å². The van der Waals surface area contributed by atoms with E-state index in [1.54, 1.807) is 14.0 Å². The third-order valence-electron chi connectivity index (χ3n) is 2.13. The minimum Gasteiger partial charge on any atom is -0.445 e. The number of anilines is 1. The fraction of sp³-hybridized carbons (Fsp3) is 0.417. The molecular weight excluding hydrogens is 277 g/mol. The summed E-state index contributed by atoms with van der Waals surface area (Å²) in [7, 11) is 1.72. The predicted octanol–water partition coefficient (Wildman–Crippen LogP) is 2.74. The molecule has 1 aromatic carbocycles. The Kier molecular flexibility index (Phi) is 5.63. The van der Waals surface area contributed by atoms with Crippen LogP contribution in [0.2, 0.25) is 0 Å². The molecule has 8 heteroatoms. The van der Waals surface area contributed by atoms with Gasteiger partial charge in [-0.1, -0.05) is 0 Å². The van der Waals surface area contributed by atoms with Gasteiger partial charge in [-0.3, -0.25) is 5.32 Å². The lowest BCUT2D eigenvalue weighted by Crippen LogP contribution is -2.28. The fourth-order valence-corrected chi connectivity index (χ4v) is 1.40. The van der Waals surface area contributed by atoms with Crippen LogP contribution in [0.25, 0.3) is 0 Å². The van der Waals surface area contributed by atoms with Crippen molar-refractivity contribution in [2.24, 2.45) is 0 Å². The first-order chi connectivity index (χ1) is 9.30. The number of halogens is 3. The lowest BCUT2D eigenvalue weighted by Gasteiger charge is -2.13. The molecule has 1 unspecified atom stereocenters. The Morgan fingerprint density at radius 3 is 2.40 bits per heavy atom. The van der Waals surface area contributed by atoms with Gasteiger partial charge in [-0.05, 0) is 38.2 Å². The molecule has 0 fully saturated rings. The van der Waals surface area contributed by atoms with Crippen LogP contribution in [0.5, 0.6) is 5.75 Å². The number of benzene rings is 1. The number of likely N-dealkylation sites (N-methyl/N-ethyl adjacent to an activating group) is 1. The molecule has 1 aromatic rings. The molecule has 1 amide bonds. The van der Waals surface area contributed by atoms with Crippen molar-refractivity contribution in [2.75, 3.05) is 18.9 Å². The Balaban J connectivity index is 2.51. The maximum atomic E-state index is 12.0. The molecule has 0 aliphatic rings. The monoisotopic (exact) mass is 292 g/mol. The second-order valence-corrected chi connectivity index (χ2v) is 3.97. The average Bonchev–Trinajstić information content (AvgIpc) is 2.30. The first-order valence-corrected chi connectivity index (χ1v) is 5.78. The SMILES string of the molecule is CNCC(C)OC(=O)Nc1ccc(OC(F)(F)F)cc1. The predicted molar refractivity (Wildman–Crippen MR) is 66.6 cm³/mol. The summed E-state index contributed by atoms with van der Waals surface area (Å²) in [5.74, 6) is -0.361. The normalized spacial score (nSPS) is 12.7. The number of carbonyl (C=O) groups excluding carboxylic acids is 1. The van der Waals surface area contributed by atoms with Crippen molar-refractivity contribution in [3.8, 4) is 5.75 Å². The van der Waals surface area contributed by atoms with E-state index in [0.717, 1.165) is 12.1 Å². The van der Waals surface area contributed by atoms with Crippen molar-refractivity contribution in [3.63, 3.8) is 0 Å². The van der Waals surface area contributed by atoms with Gasteiger partial charge in [-0.2, -0.15) is 0 Å². The van der Waals surface area contributed by atoms with E-state index in [1.807, 2.05) is 0 Å². The molecule has 112 valence electrons. The summed E-state index contributed by atoms with van der Waals surface area (Å²) in [6, 6.07) is 4.76.